The van der Waals surface area contributed by atoms with E-state index >= 15 is 0 Å². The summed E-state index contributed by atoms with van der Waals surface area (Å²) in [6, 6.07) is 9.38. The molecule has 1 aromatic carbocycles. The van der Waals surface area contributed by atoms with Gasteiger partial charge in [0.25, 0.3) is 0 Å². The van der Waals surface area contributed by atoms with Gasteiger partial charge in [-0.2, -0.15) is 0 Å². The SMILES string of the molecule is CC1(C)OOC1(C)COC(=O)Sc1ccccc1. The average Bonchev–Trinajstić information content (AvgIpc) is 2.36. The molecule has 18 heavy (non-hydrogen) atoms. The van der Waals surface area contributed by atoms with Crippen molar-refractivity contribution in [2.75, 3.05) is 6.61 Å². The molecule has 1 saturated heterocycles. The van der Waals surface area contributed by atoms with Gasteiger partial charge in [0.2, 0.25) is 0 Å². The van der Waals surface area contributed by atoms with E-state index in [1.54, 1.807) is 0 Å². The predicted octanol–water partition coefficient (Wildman–Crippen LogP) is 3.41. The number of thioether (sulfide) groups is 1. The van der Waals surface area contributed by atoms with E-state index in [0.29, 0.717) is 0 Å². The molecule has 0 saturated carbocycles. The molecule has 0 aromatic heterocycles. The molecule has 98 valence electrons. The van der Waals surface area contributed by atoms with Crippen LogP contribution in [0, 0.1) is 0 Å². The molecule has 0 bridgehead atoms. The zero-order valence-electron chi connectivity index (χ0n) is 10.6. The standard InChI is InChI=1S/C13H16O4S/c1-12(2)13(3,17-16-12)9-15-11(14)18-10-7-5-4-6-8-10/h4-8H,9H2,1-3H3. The molecule has 2 rings (SSSR count). The van der Waals surface area contributed by atoms with E-state index in [1.165, 1.54) is 0 Å². The van der Waals surface area contributed by atoms with E-state index < -0.39 is 11.2 Å². The van der Waals surface area contributed by atoms with E-state index in [-0.39, 0.29) is 11.9 Å². The first-order valence-electron chi connectivity index (χ1n) is 5.69. The number of carbonyl (C=O) groups is 1. The first-order valence-corrected chi connectivity index (χ1v) is 6.51. The summed E-state index contributed by atoms with van der Waals surface area (Å²) in [5, 5.41) is -0.339. The highest BCUT2D eigenvalue weighted by Crippen LogP contribution is 2.40. The van der Waals surface area contributed by atoms with Crippen LogP contribution in [0.5, 0.6) is 0 Å². The molecule has 1 fully saturated rings. The molecule has 0 N–H and O–H groups in total. The second kappa shape index (κ2) is 4.91. The minimum absolute atomic E-state index is 0.179. The molecule has 5 heteroatoms. The minimum atomic E-state index is -0.583. The third-order valence-corrected chi connectivity index (χ3v) is 3.91. The molecule has 0 aliphatic carbocycles. The summed E-state index contributed by atoms with van der Waals surface area (Å²) in [5.41, 5.74) is -1.02. The lowest BCUT2D eigenvalue weighted by atomic mass is 9.86. The Kier molecular flexibility index (Phi) is 3.66. The number of benzene rings is 1. The molecule has 0 amide bonds. The van der Waals surface area contributed by atoms with Crippen molar-refractivity contribution in [2.24, 2.45) is 0 Å². The van der Waals surface area contributed by atoms with Crippen molar-refractivity contribution in [1.29, 1.82) is 0 Å². The molecule has 1 atom stereocenters. The summed E-state index contributed by atoms with van der Waals surface area (Å²) in [6.45, 7) is 5.83. The maximum Gasteiger partial charge on any atom is 0.372 e. The molecule has 1 unspecified atom stereocenters. The number of hydrogen-bond donors (Lipinski definition) is 0. The Labute approximate surface area is 111 Å². The van der Waals surface area contributed by atoms with Crippen LogP contribution in [-0.2, 0) is 14.5 Å². The van der Waals surface area contributed by atoms with Gasteiger partial charge in [0.1, 0.15) is 12.2 Å². The van der Waals surface area contributed by atoms with Crippen LogP contribution in [0.2, 0.25) is 0 Å². The number of carbonyl (C=O) groups excluding carboxylic acids is 1. The molecule has 0 spiro atoms. The largest absolute Gasteiger partial charge is 0.454 e. The summed E-state index contributed by atoms with van der Waals surface area (Å²) >= 11 is 1.06. The zero-order valence-corrected chi connectivity index (χ0v) is 11.5. The number of hydrogen-bond acceptors (Lipinski definition) is 5. The zero-order chi connectivity index (χ0) is 13.2. The fourth-order valence-electron chi connectivity index (χ4n) is 1.36. The van der Waals surface area contributed by atoms with Crippen LogP contribution < -0.4 is 0 Å². The number of ether oxygens (including phenoxy) is 1. The van der Waals surface area contributed by atoms with Crippen molar-refractivity contribution in [3.8, 4) is 0 Å². The van der Waals surface area contributed by atoms with Crippen LogP contribution in [0.15, 0.2) is 35.2 Å². The van der Waals surface area contributed by atoms with Gasteiger partial charge in [0.15, 0.2) is 5.60 Å². The van der Waals surface area contributed by atoms with Crippen LogP contribution in [-0.4, -0.2) is 23.1 Å². The molecule has 1 aliphatic rings. The van der Waals surface area contributed by atoms with Gasteiger partial charge < -0.3 is 4.74 Å². The van der Waals surface area contributed by atoms with Crippen LogP contribution in [0.1, 0.15) is 20.8 Å². The molecule has 4 nitrogen and oxygen atoms in total. The second-order valence-corrected chi connectivity index (χ2v) is 5.87. The summed E-state index contributed by atoms with van der Waals surface area (Å²) in [7, 11) is 0. The van der Waals surface area contributed by atoms with Crippen LogP contribution in [0.4, 0.5) is 4.79 Å². The molecule has 1 aromatic rings. The van der Waals surface area contributed by atoms with E-state index in [2.05, 4.69) is 0 Å². The summed E-state index contributed by atoms with van der Waals surface area (Å²) < 4.78 is 5.21. The minimum Gasteiger partial charge on any atom is -0.454 e. The second-order valence-electron chi connectivity index (χ2n) is 4.86. The smallest absolute Gasteiger partial charge is 0.372 e. The normalized spacial score (nSPS) is 25.3. The fourth-order valence-corrected chi connectivity index (χ4v) is 1.96. The molecular weight excluding hydrogens is 252 g/mol. The van der Waals surface area contributed by atoms with Crippen LogP contribution >= 0.6 is 11.8 Å². The maximum absolute atomic E-state index is 11.7. The lowest BCUT2D eigenvalue weighted by molar-refractivity contribution is -0.543. The fraction of sp³-hybridized carbons (Fsp3) is 0.462. The summed E-state index contributed by atoms with van der Waals surface area (Å²) in [6.07, 6.45) is 0. The first-order chi connectivity index (χ1) is 8.43. The van der Waals surface area contributed by atoms with E-state index in [9.17, 15) is 4.79 Å². The van der Waals surface area contributed by atoms with Crippen molar-refractivity contribution in [3.63, 3.8) is 0 Å². The highest BCUT2D eigenvalue weighted by Gasteiger charge is 2.55. The Morgan fingerprint density at radius 2 is 1.89 bits per heavy atom. The first kappa shape index (κ1) is 13.4. The van der Waals surface area contributed by atoms with Gasteiger partial charge in [-0.1, -0.05) is 18.2 Å². The highest BCUT2D eigenvalue weighted by molar-refractivity contribution is 8.13. The van der Waals surface area contributed by atoms with Crippen LogP contribution in [0.25, 0.3) is 0 Å². The van der Waals surface area contributed by atoms with E-state index in [4.69, 9.17) is 14.5 Å². The van der Waals surface area contributed by atoms with Crippen molar-refractivity contribution >= 4 is 17.1 Å². The summed E-state index contributed by atoms with van der Waals surface area (Å²) in [4.78, 5) is 22.5. The molecular formula is C13H16O4S. The number of rotatable bonds is 3. The topological polar surface area (TPSA) is 44.8 Å². The third-order valence-electron chi connectivity index (χ3n) is 3.12. The van der Waals surface area contributed by atoms with Crippen molar-refractivity contribution in [3.05, 3.63) is 30.3 Å². The monoisotopic (exact) mass is 268 g/mol. The third kappa shape index (κ3) is 2.68. The quantitative estimate of drug-likeness (QED) is 0.477. The summed E-state index contributed by atoms with van der Waals surface area (Å²) in [5.74, 6) is 0. The van der Waals surface area contributed by atoms with Gasteiger partial charge in [-0.05, 0) is 44.7 Å². The van der Waals surface area contributed by atoms with Crippen molar-refractivity contribution in [1.82, 2.24) is 0 Å². The Morgan fingerprint density at radius 3 is 2.39 bits per heavy atom. The van der Waals surface area contributed by atoms with E-state index in [1.807, 2.05) is 51.1 Å². The Morgan fingerprint density at radius 1 is 1.22 bits per heavy atom. The lowest BCUT2D eigenvalue weighted by Gasteiger charge is -2.49. The van der Waals surface area contributed by atoms with Gasteiger partial charge in [-0.25, -0.2) is 14.6 Å². The van der Waals surface area contributed by atoms with E-state index in [0.717, 1.165) is 16.7 Å². The molecule has 1 heterocycles. The van der Waals surface area contributed by atoms with Gasteiger partial charge in [0, 0.05) is 4.90 Å². The lowest BCUT2D eigenvalue weighted by Crippen LogP contribution is -2.64. The van der Waals surface area contributed by atoms with Gasteiger partial charge in [0.05, 0.1) is 0 Å². The Hall–Kier alpha value is -1.04. The average molecular weight is 268 g/mol. The van der Waals surface area contributed by atoms with Crippen LogP contribution in [0.3, 0.4) is 0 Å². The Bertz CT molecular complexity index is 432. The maximum atomic E-state index is 11.7. The van der Waals surface area contributed by atoms with Crippen molar-refractivity contribution in [2.45, 2.75) is 36.9 Å². The highest BCUT2D eigenvalue weighted by atomic mass is 32.2. The molecule has 1 aliphatic heterocycles. The van der Waals surface area contributed by atoms with Crippen molar-refractivity contribution < 1.29 is 19.3 Å². The Balaban J connectivity index is 1.83. The van der Waals surface area contributed by atoms with Gasteiger partial charge >= 0.3 is 5.30 Å². The predicted molar refractivity (Wildman–Crippen MR) is 68.3 cm³/mol. The molecule has 0 radical (unpaired) electrons. The van der Waals surface area contributed by atoms with Gasteiger partial charge in [-0.15, -0.1) is 0 Å². The van der Waals surface area contributed by atoms with Gasteiger partial charge in [-0.3, -0.25) is 0 Å².